The van der Waals surface area contributed by atoms with Gasteiger partial charge in [-0.05, 0) is 48.5 Å². The van der Waals surface area contributed by atoms with Crippen molar-refractivity contribution >= 4 is 39.9 Å². The van der Waals surface area contributed by atoms with Crippen LogP contribution in [0.5, 0.6) is 17.2 Å². The lowest BCUT2D eigenvalue weighted by molar-refractivity contribution is -0.113. The van der Waals surface area contributed by atoms with Gasteiger partial charge in [0.1, 0.15) is 11.6 Å². The molecular weight excluding hydrogens is 466 g/mol. The number of aromatic nitrogens is 4. The molecule has 0 spiro atoms. The van der Waals surface area contributed by atoms with Crippen molar-refractivity contribution in [1.29, 1.82) is 0 Å². The summed E-state index contributed by atoms with van der Waals surface area (Å²) in [6.45, 7) is 0.182. The molecule has 174 valence electrons. The Kier molecular flexibility index (Phi) is 5.34. The van der Waals surface area contributed by atoms with Crippen LogP contribution in [0.2, 0.25) is 0 Å². The van der Waals surface area contributed by atoms with Crippen molar-refractivity contribution in [3.8, 4) is 28.6 Å². The molecule has 0 aliphatic carbocycles. The Labute approximate surface area is 204 Å². The summed E-state index contributed by atoms with van der Waals surface area (Å²) in [5.74, 6) is 2.68. The molecule has 0 fully saturated rings. The van der Waals surface area contributed by atoms with Crippen molar-refractivity contribution < 1.29 is 19.0 Å². The monoisotopic (exact) mass is 485 g/mol. The van der Waals surface area contributed by atoms with Gasteiger partial charge in [0.15, 0.2) is 22.3 Å². The predicted molar refractivity (Wildman–Crippen MR) is 132 cm³/mol. The van der Waals surface area contributed by atoms with Gasteiger partial charge in [-0.2, -0.15) is 0 Å². The van der Waals surface area contributed by atoms with Gasteiger partial charge in [-0.3, -0.25) is 9.20 Å². The normalized spacial score (nSPS) is 12.3. The molecule has 10 heteroatoms. The van der Waals surface area contributed by atoms with Crippen LogP contribution in [0.25, 0.3) is 27.9 Å². The largest absolute Gasteiger partial charge is 0.497 e. The number of carbonyl (C=O) groups excluding carboxylic acids is 1. The molecule has 6 rings (SSSR count). The summed E-state index contributed by atoms with van der Waals surface area (Å²) in [7, 11) is 1.63. The SMILES string of the molecule is COc1ccc(-c2nc3ccccc3c3nnc(SCC(=O)Nc4ccc5c(c4)OCO5)n23)cc1. The number of benzene rings is 3. The number of hydrogen-bond acceptors (Lipinski definition) is 8. The molecule has 5 aromatic rings. The molecule has 1 amide bonds. The van der Waals surface area contributed by atoms with E-state index in [1.54, 1.807) is 25.3 Å². The highest BCUT2D eigenvalue weighted by atomic mass is 32.2. The second-order valence-corrected chi connectivity index (χ2v) is 8.67. The average Bonchev–Trinajstić information content (AvgIpc) is 3.54. The minimum absolute atomic E-state index is 0.143. The molecule has 3 heterocycles. The molecular formula is C25H19N5O4S. The average molecular weight is 486 g/mol. The van der Waals surface area contributed by atoms with Crippen LogP contribution in [0.3, 0.4) is 0 Å². The third-order valence-electron chi connectivity index (χ3n) is 5.55. The molecule has 0 unspecified atom stereocenters. The standard InChI is InChI=1S/C25H19N5O4S/c1-32-17-9-6-15(7-10-17)23-27-19-5-3-2-4-18(19)24-28-29-25(30(23)24)35-13-22(31)26-16-8-11-20-21(12-16)34-14-33-20/h2-12H,13-14H2,1H3,(H,26,31). The van der Waals surface area contributed by atoms with E-state index in [0.29, 0.717) is 33.8 Å². The molecule has 1 aliphatic rings. The molecule has 3 aromatic carbocycles. The first-order chi connectivity index (χ1) is 17.2. The van der Waals surface area contributed by atoms with Gasteiger partial charge >= 0.3 is 0 Å². The summed E-state index contributed by atoms with van der Waals surface area (Å²) in [6, 6.07) is 20.7. The minimum atomic E-state index is -0.176. The Balaban J connectivity index is 1.31. The van der Waals surface area contributed by atoms with Crippen molar-refractivity contribution in [2.45, 2.75) is 5.16 Å². The number of anilines is 1. The quantitative estimate of drug-likeness (QED) is 0.353. The molecule has 0 bridgehead atoms. The number of hydrogen-bond donors (Lipinski definition) is 1. The maximum absolute atomic E-state index is 12.7. The van der Waals surface area contributed by atoms with Crippen molar-refractivity contribution in [3.63, 3.8) is 0 Å². The number of thioether (sulfide) groups is 1. The molecule has 9 nitrogen and oxygen atoms in total. The first-order valence-electron chi connectivity index (χ1n) is 10.8. The van der Waals surface area contributed by atoms with Crippen LogP contribution in [-0.2, 0) is 4.79 Å². The number of amides is 1. The van der Waals surface area contributed by atoms with Gasteiger partial charge in [-0.25, -0.2) is 4.98 Å². The zero-order valence-electron chi connectivity index (χ0n) is 18.6. The van der Waals surface area contributed by atoms with Gasteiger partial charge in [0, 0.05) is 22.7 Å². The lowest BCUT2D eigenvalue weighted by Crippen LogP contribution is -2.14. The zero-order chi connectivity index (χ0) is 23.8. The van der Waals surface area contributed by atoms with Crippen LogP contribution >= 0.6 is 11.8 Å². The van der Waals surface area contributed by atoms with Crippen LogP contribution in [0.1, 0.15) is 0 Å². The first kappa shape index (κ1) is 21.2. The molecule has 1 N–H and O–H groups in total. The van der Waals surface area contributed by atoms with E-state index in [2.05, 4.69) is 15.5 Å². The predicted octanol–water partition coefficient (Wildman–Crippen LogP) is 4.41. The molecule has 0 saturated heterocycles. The van der Waals surface area contributed by atoms with E-state index in [1.165, 1.54) is 11.8 Å². The second-order valence-electron chi connectivity index (χ2n) is 7.73. The minimum Gasteiger partial charge on any atom is -0.497 e. The fourth-order valence-corrected chi connectivity index (χ4v) is 4.62. The third-order valence-corrected chi connectivity index (χ3v) is 6.48. The molecule has 0 atom stereocenters. The van der Waals surface area contributed by atoms with Crippen LogP contribution in [0.4, 0.5) is 5.69 Å². The molecule has 35 heavy (non-hydrogen) atoms. The summed E-state index contributed by atoms with van der Waals surface area (Å²) in [5, 5.41) is 13.2. The summed E-state index contributed by atoms with van der Waals surface area (Å²) < 4.78 is 17.9. The number of para-hydroxylation sites is 1. The van der Waals surface area contributed by atoms with Gasteiger partial charge < -0.3 is 19.5 Å². The van der Waals surface area contributed by atoms with Crippen LogP contribution < -0.4 is 19.5 Å². The van der Waals surface area contributed by atoms with Gasteiger partial charge in [0.25, 0.3) is 0 Å². The van der Waals surface area contributed by atoms with Crippen LogP contribution in [0.15, 0.2) is 71.9 Å². The van der Waals surface area contributed by atoms with E-state index in [-0.39, 0.29) is 18.5 Å². The van der Waals surface area contributed by atoms with E-state index in [9.17, 15) is 4.79 Å². The maximum atomic E-state index is 12.7. The highest BCUT2D eigenvalue weighted by Gasteiger charge is 2.18. The Hall–Kier alpha value is -4.31. The highest BCUT2D eigenvalue weighted by molar-refractivity contribution is 7.99. The fraction of sp³-hybridized carbons (Fsp3) is 0.120. The number of nitrogens with zero attached hydrogens (tertiary/aromatic N) is 4. The smallest absolute Gasteiger partial charge is 0.234 e. The first-order valence-corrected chi connectivity index (χ1v) is 11.8. The van der Waals surface area contributed by atoms with E-state index in [1.807, 2.05) is 52.9 Å². The maximum Gasteiger partial charge on any atom is 0.234 e. The molecule has 1 aliphatic heterocycles. The summed E-state index contributed by atoms with van der Waals surface area (Å²) in [4.78, 5) is 17.6. The van der Waals surface area contributed by atoms with Gasteiger partial charge in [0.05, 0.1) is 18.4 Å². The van der Waals surface area contributed by atoms with E-state index < -0.39 is 0 Å². The van der Waals surface area contributed by atoms with E-state index in [4.69, 9.17) is 19.2 Å². The third kappa shape index (κ3) is 3.97. The summed E-state index contributed by atoms with van der Waals surface area (Å²) in [6.07, 6.45) is 0. The van der Waals surface area contributed by atoms with Crippen LogP contribution in [-0.4, -0.2) is 45.1 Å². The van der Waals surface area contributed by atoms with E-state index in [0.717, 1.165) is 22.2 Å². The molecule has 0 radical (unpaired) electrons. The Bertz CT molecular complexity index is 1570. The topological polar surface area (TPSA) is 99.9 Å². The number of rotatable bonds is 6. The van der Waals surface area contributed by atoms with Crippen LogP contribution in [0, 0.1) is 0 Å². The lowest BCUT2D eigenvalue weighted by atomic mass is 10.1. The van der Waals surface area contributed by atoms with Crippen molar-refractivity contribution in [2.75, 3.05) is 25.0 Å². The number of methoxy groups -OCH3 is 1. The summed E-state index contributed by atoms with van der Waals surface area (Å²) in [5.41, 5.74) is 3.01. The van der Waals surface area contributed by atoms with Gasteiger partial charge in [-0.1, -0.05) is 23.9 Å². The fourth-order valence-electron chi connectivity index (χ4n) is 3.89. The Morgan fingerprint density at radius 3 is 2.74 bits per heavy atom. The van der Waals surface area contributed by atoms with E-state index >= 15 is 0 Å². The Morgan fingerprint density at radius 1 is 1.06 bits per heavy atom. The highest BCUT2D eigenvalue weighted by Crippen LogP contribution is 2.34. The number of nitrogens with one attached hydrogen (secondary N) is 1. The Morgan fingerprint density at radius 2 is 1.89 bits per heavy atom. The number of fused-ring (bicyclic) bond motifs is 4. The summed E-state index contributed by atoms with van der Waals surface area (Å²) >= 11 is 1.29. The van der Waals surface area contributed by atoms with Crippen molar-refractivity contribution in [1.82, 2.24) is 19.6 Å². The molecule has 0 saturated carbocycles. The van der Waals surface area contributed by atoms with Crippen molar-refractivity contribution in [2.24, 2.45) is 0 Å². The second kappa shape index (κ2) is 8.80. The number of carbonyl (C=O) groups is 1. The lowest BCUT2D eigenvalue weighted by Gasteiger charge is -2.10. The number of ether oxygens (including phenoxy) is 3. The van der Waals surface area contributed by atoms with Gasteiger partial charge in [-0.15, -0.1) is 10.2 Å². The molecule has 2 aromatic heterocycles. The zero-order valence-corrected chi connectivity index (χ0v) is 19.4. The van der Waals surface area contributed by atoms with Crippen molar-refractivity contribution in [3.05, 3.63) is 66.7 Å². The van der Waals surface area contributed by atoms with Gasteiger partial charge in [0.2, 0.25) is 12.7 Å².